The third-order valence-electron chi connectivity index (χ3n) is 3.34. The van der Waals surface area contributed by atoms with Crippen molar-refractivity contribution in [2.45, 2.75) is 26.4 Å². The van der Waals surface area contributed by atoms with Crippen LogP contribution in [-0.2, 0) is 6.54 Å². The second kappa shape index (κ2) is 6.83. The summed E-state index contributed by atoms with van der Waals surface area (Å²) < 4.78 is 0. The molecule has 3 rings (SSSR count). The van der Waals surface area contributed by atoms with Crippen LogP contribution in [0.4, 0.5) is 0 Å². The van der Waals surface area contributed by atoms with Crippen LogP contribution in [-0.4, -0.2) is 4.98 Å². The number of thiophene rings is 2. The van der Waals surface area contributed by atoms with Gasteiger partial charge in [-0.3, -0.25) is 0 Å². The van der Waals surface area contributed by atoms with Crippen molar-refractivity contribution in [3.05, 3.63) is 50.3 Å². The molecule has 0 aliphatic carbocycles. The summed E-state index contributed by atoms with van der Waals surface area (Å²) in [6.07, 6.45) is 0. The summed E-state index contributed by atoms with van der Waals surface area (Å²) in [5, 5.41) is 13.3. The van der Waals surface area contributed by atoms with E-state index in [1.54, 1.807) is 22.7 Å². The van der Waals surface area contributed by atoms with Crippen LogP contribution < -0.4 is 5.32 Å². The van der Waals surface area contributed by atoms with Crippen LogP contribution in [0, 0.1) is 5.92 Å². The molecular formula is C16H18N2S3. The fourth-order valence-electron chi connectivity index (χ4n) is 2.25. The van der Waals surface area contributed by atoms with Gasteiger partial charge in [0.05, 0.1) is 5.69 Å². The van der Waals surface area contributed by atoms with Gasteiger partial charge in [-0.25, -0.2) is 4.98 Å². The van der Waals surface area contributed by atoms with Crippen LogP contribution in [0.15, 0.2) is 39.7 Å². The van der Waals surface area contributed by atoms with Gasteiger partial charge in [0, 0.05) is 33.8 Å². The molecule has 5 heteroatoms. The van der Waals surface area contributed by atoms with E-state index in [1.165, 1.54) is 10.4 Å². The predicted octanol–water partition coefficient (Wildman–Crippen LogP) is 5.42. The van der Waals surface area contributed by atoms with Gasteiger partial charge in [0.25, 0.3) is 0 Å². The van der Waals surface area contributed by atoms with Gasteiger partial charge in [-0.1, -0.05) is 19.9 Å². The maximum atomic E-state index is 4.73. The lowest BCUT2D eigenvalue weighted by molar-refractivity contribution is 0.415. The van der Waals surface area contributed by atoms with E-state index in [4.69, 9.17) is 4.98 Å². The second-order valence-electron chi connectivity index (χ2n) is 5.27. The highest BCUT2D eigenvalue weighted by molar-refractivity contribution is 7.14. The Bertz CT molecular complexity index is 654. The van der Waals surface area contributed by atoms with Crippen LogP contribution >= 0.6 is 34.0 Å². The SMILES string of the molecule is CC(C)[C@@H](NCc1csc(-c2ccsc2)n1)c1cccs1. The number of thiazole rings is 1. The number of nitrogens with one attached hydrogen (secondary N) is 1. The minimum absolute atomic E-state index is 0.399. The molecule has 0 spiro atoms. The zero-order valence-electron chi connectivity index (χ0n) is 12.1. The van der Waals surface area contributed by atoms with Gasteiger partial charge in [0.2, 0.25) is 0 Å². The molecule has 1 N–H and O–H groups in total. The number of hydrogen-bond acceptors (Lipinski definition) is 5. The van der Waals surface area contributed by atoms with E-state index in [9.17, 15) is 0 Å². The number of hydrogen-bond donors (Lipinski definition) is 1. The average Bonchev–Trinajstić information content (AvgIpc) is 3.21. The molecule has 0 fully saturated rings. The molecule has 0 saturated carbocycles. The quantitative estimate of drug-likeness (QED) is 0.651. The first-order valence-corrected chi connectivity index (χ1v) is 9.68. The molecule has 2 nitrogen and oxygen atoms in total. The average molecular weight is 335 g/mol. The summed E-state index contributed by atoms with van der Waals surface area (Å²) in [6, 6.07) is 6.86. The summed E-state index contributed by atoms with van der Waals surface area (Å²) in [5.41, 5.74) is 2.36. The summed E-state index contributed by atoms with van der Waals surface area (Å²) in [5.74, 6) is 0.568. The Morgan fingerprint density at radius 2 is 2.05 bits per heavy atom. The van der Waals surface area contributed by atoms with E-state index in [-0.39, 0.29) is 0 Å². The molecule has 3 heterocycles. The smallest absolute Gasteiger partial charge is 0.124 e. The second-order valence-corrected chi connectivity index (χ2v) is 7.89. The normalized spacial score (nSPS) is 12.9. The summed E-state index contributed by atoms with van der Waals surface area (Å²) in [6.45, 7) is 5.34. The number of rotatable bonds is 6. The lowest BCUT2D eigenvalue weighted by Gasteiger charge is -2.20. The molecular weight excluding hydrogens is 316 g/mol. The van der Waals surface area contributed by atoms with Crippen LogP contribution in [0.2, 0.25) is 0 Å². The Balaban J connectivity index is 1.67. The highest BCUT2D eigenvalue weighted by Crippen LogP contribution is 2.28. The van der Waals surface area contributed by atoms with Crippen molar-refractivity contribution in [3.63, 3.8) is 0 Å². The summed E-state index contributed by atoms with van der Waals surface area (Å²) in [7, 11) is 0. The third kappa shape index (κ3) is 3.61. The molecule has 0 amide bonds. The van der Waals surface area contributed by atoms with Crippen molar-refractivity contribution in [2.24, 2.45) is 5.92 Å². The van der Waals surface area contributed by atoms with Crippen molar-refractivity contribution in [3.8, 4) is 10.6 Å². The van der Waals surface area contributed by atoms with Gasteiger partial charge in [0.1, 0.15) is 5.01 Å². The Kier molecular flexibility index (Phi) is 4.85. The topological polar surface area (TPSA) is 24.9 Å². The highest BCUT2D eigenvalue weighted by atomic mass is 32.1. The van der Waals surface area contributed by atoms with Crippen molar-refractivity contribution in [1.82, 2.24) is 10.3 Å². The fourth-order valence-corrected chi connectivity index (χ4v) is 4.76. The van der Waals surface area contributed by atoms with Crippen molar-refractivity contribution in [1.29, 1.82) is 0 Å². The van der Waals surface area contributed by atoms with E-state index in [0.717, 1.165) is 17.2 Å². The first kappa shape index (κ1) is 14.9. The van der Waals surface area contributed by atoms with Crippen LogP contribution in [0.5, 0.6) is 0 Å². The number of aromatic nitrogens is 1. The van der Waals surface area contributed by atoms with E-state index < -0.39 is 0 Å². The minimum atomic E-state index is 0.399. The van der Waals surface area contributed by atoms with E-state index in [2.05, 4.69) is 58.9 Å². The maximum Gasteiger partial charge on any atom is 0.124 e. The monoisotopic (exact) mass is 334 g/mol. The standard InChI is InChI=1S/C16H18N2S3/c1-11(2)15(14-4-3-6-20-14)17-8-13-10-21-16(18-13)12-5-7-19-9-12/h3-7,9-11,15,17H,8H2,1-2H3/t15-/m1/s1. The van der Waals surface area contributed by atoms with Gasteiger partial charge < -0.3 is 5.32 Å². The van der Waals surface area contributed by atoms with Crippen LogP contribution in [0.1, 0.15) is 30.5 Å². The fraction of sp³-hybridized carbons (Fsp3) is 0.312. The first-order chi connectivity index (χ1) is 10.2. The Morgan fingerprint density at radius 1 is 1.14 bits per heavy atom. The molecule has 0 aromatic carbocycles. The van der Waals surface area contributed by atoms with E-state index in [1.807, 2.05) is 11.3 Å². The Labute approximate surface area is 137 Å². The van der Waals surface area contributed by atoms with Gasteiger partial charge in [-0.2, -0.15) is 11.3 Å². The van der Waals surface area contributed by atoms with Gasteiger partial charge in [0.15, 0.2) is 0 Å². The zero-order chi connectivity index (χ0) is 14.7. The highest BCUT2D eigenvalue weighted by Gasteiger charge is 2.16. The molecule has 0 aliphatic rings. The molecule has 3 aromatic heterocycles. The third-order valence-corrected chi connectivity index (χ3v) is 5.92. The lowest BCUT2D eigenvalue weighted by Crippen LogP contribution is -2.24. The lowest BCUT2D eigenvalue weighted by atomic mass is 10.0. The zero-order valence-corrected chi connectivity index (χ0v) is 14.5. The molecule has 0 unspecified atom stereocenters. The van der Waals surface area contributed by atoms with Crippen molar-refractivity contribution >= 4 is 34.0 Å². The molecule has 1 atom stereocenters. The Morgan fingerprint density at radius 3 is 2.71 bits per heavy atom. The maximum absolute atomic E-state index is 4.73. The van der Waals surface area contributed by atoms with Gasteiger partial charge >= 0.3 is 0 Å². The first-order valence-electron chi connectivity index (χ1n) is 6.98. The predicted molar refractivity (Wildman–Crippen MR) is 94.2 cm³/mol. The van der Waals surface area contributed by atoms with Crippen molar-refractivity contribution < 1.29 is 0 Å². The summed E-state index contributed by atoms with van der Waals surface area (Å²) >= 11 is 5.26. The molecule has 0 aliphatic heterocycles. The molecule has 21 heavy (non-hydrogen) atoms. The summed E-state index contributed by atoms with van der Waals surface area (Å²) in [4.78, 5) is 6.13. The van der Waals surface area contributed by atoms with E-state index >= 15 is 0 Å². The molecule has 0 radical (unpaired) electrons. The molecule has 110 valence electrons. The largest absolute Gasteiger partial charge is 0.303 e. The van der Waals surface area contributed by atoms with Crippen LogP contribution in [0.3, 0.4) is 0 Å². The van der Waals surface area contributed by atoms with Gasteiger partial charge in [-0.15, -0.1) is 22.7 Å². The van der Waals surface area contributed by atoms with Gasteiger partial charge in [-0.05, 0) is 28.8 Å². The molecule has 0 saturated heterocycles. The Hall–Kier alpha value is -1.01. The number of nitrogens with zero attached hydrogens (tertiary/aromatic N) is 1. The van der Waals surface area contributed by atoms with Crippen molar-refractivity contribution in [2.75, 3.05) is 0 Å². The molecule has 3 aromatic rings. The molecule has 0 bridgehead atoms. The van der Waals surface area contributed by atoms with Crippen LogP contribution in [0.25, 0.3) is 10.6 Å². The minimum Gasteiger partial charge on any atom is -0.303 e. The van der Waals surface area contributed by atoms with E-state index in [0.29, 0.717) is 12.0 Å².